The molecule has 2 unspecified atom stereocenters. The van der Waals surface area contributed by atoms with Gasteiger partial charge in [0.15, 0.2) is 0 Å². The zero-order valence-electron chi connectivity index (χ0n) is 20.9. The second-order valence-corrected chi connectivity index (χ2v) is 12.3. The summed E-state index contributed by atoms with van der Waals surface area (Å²) in [6.45, 7) is 2.33. The Bertz CT molecular complexity index is 1150. The van der Waals surface area contributed by atoms with E-state index >= 15 is 0 Å². The molecule has 1 saturated carbocycles. The van der Waals surface area contributed by atoms with Gasteiger partial charge in [-0.3, -0.25) is 0 Å². The van der Waals surface area contributed by atoms with Gasteiger partial charge in [0.25, 0.3) is 0 Å². The summed E-state index contributed by atoms with van der Waals surface area (Å²) in [5.41, 5.74) is 2.69. The molecule has 184 valence electrons. The number of aliphatic hydroxyl groups excluding tert-OH is 1. The highest BCUT2D eigenvalue weighted by atomic mass is 31.1. The molecule has 0 radical (unpaired) electrons. The van der Waals surface area contributed by atoms with Crippen LogP contribution >= 0.6 is 7.92 Å². The second kappa shape index (κ2) is 12.0. The zero-order chi connectivity index (χ0) is 24.7. The van der Waals surface area contributed by atoms with Crippen molar-refractivity contribution in [3.63, 3.8) is 0 Å². The fourth-order valence-corrected chi connectivity index (χ4v) is 9.14. The van der Waals surface area contributed by atoms with E-state index in [1.807, 2.05) is 36.4 Å². The minimum Gasteiger partial charge on any atom is -0.386 e. The van der Waals surface area contributed by atoms with Crippen molar-refractivity contribution in [1.29, 1.82) is 0 Å². The molecule has 36 heavy (non-hydrogen) atoms. The third-order valence-corrected chi connectivity index (χ3v) is 10.6. The number of aliphatic hydroxyl groups is 1. The number of rotatable bonds is 9. The van der Waals surface area contributed by atoms with Crippen LogP contribution in [0.4, 0.5) is 0 Å². The van der Waals surface area contributed by atoms with Crippen LogP contribution in [0.25, 0.3) is 0 Å². The van der Waals surface area contributed by atoms with Crippen LogP contribution in [0.3, 0.4) is 0 Å². The van der Waals surface area contributed by atoms with Crippen LogP contribution in [0.1, 0.15) is 49.5 Å². The smallest absolute Gasteiger partial charge is 0.0984 e. The predicted molar refractivity (Wildman–Crippen MR) is 153 cm³/mol. The van der Waals surface area contributed by atoms with Gasteiger partial charge in [-0.15, -0.1) is 0 Å². The fraction of sp³-hybridized carbons (Fsp3) is 0.273. The molecular formula is C33H36NOP. The van der Waals surface area contributed by atoms with Gasteiger partial charge in [-0.05, 0) is 61.0 Å². The van der Waals surface area contributed by atoms with Gasteiger partial charge >= 0.3 is 0 Å². The second-order valence-electron chi connectivity index (χ2n) is 9.90. The molecule has 0 aliphatic heterocycles. The molecule has 4 aromatic rings. The van der Waals surface area contributed by atoms with Gasteiger partial charge in [-0.1, -0.05) is 128 Å². The van der Waals surface area contributed by atoms with Gasteiger partial charge in [-0.25, -0.2) is 0 Å². The van der Waals surface area contributed by atoms with Crippen LogP contribution in [0.15, 0.2) is 121 Å². The van der Waals surface area contributed by atoms with Crippen molar-refractivity contribution in [2.75, 3.05) is 0 Å². The Labute approximate surface area is 217 Å². The summed E-state index contributed by atoms with van der Waals surface area (Å²) < 4.78 is 0. The van der Waals surface area contributed by atoms with Crippen LogP contribution < -0.4 is 15.9 Å². The van der Waals surface area contributed by atoms with Crippen molar-refractivity contribution in [3.05, 3.63) is 132 Å². The van der Waals surface area contributed by atoms with E-state index in [4.69, 9.17) is 0 Å². The number of hydrogen-bond donors (Lipinski definition) is 2. The Balaban J connectivity index is 1.44. The molecule has 0 heterocycles. The van der Waals surface area contributed by atoms with Gasteiger partial charge < -0.3 is 10.4 Å². The topological polar surface area (TPSA) is 32.3 Å². The monoisotopic (exact) mass is 493 g/mol. The van der Waals surface area contributed by atoms with Crippen LogP contribution in [0.2, 0.25) is 0 Å². The molecule has 2 nitrogen and oxygen atoms in total. The maximum absolute atomic E-state index is 11.5. The molecule has 4 aromatic carbocycles. The van der Waals surface area contributed by atoms with Crippen molar-refractivity contribution >= 4 is 18.5 Å². The zero-order valence-corrected chi connectivity index (χ0v) is 21.8. The fourth-order valence-electron chi connectivity index (χ4n) is 5.86. The Morgan fingerprint density at radius 3 is 1.67 bits per heavy atom. The van der Waals surface area contributed by atoms with Crippen LogP contribution in [-0.4, -0.2) is 16.8 Å². The minimum atomic E-state index is -0.610. The molecule has 3 heteroatoms. The molecule has 1 aliphatic carbocycles. The molecule has 0 bridgehead atoms. The van der Waals surface area contributed by atoms with Crippen molar-refractivity contribution in [2.45, 2.75) is 50.0 Å². The first-order chi connectivity index (χ1) is 17.7. The first kappa shape index (κ1) is 24.9. The Hall–Kier alpha value is -2.77. The highest BCUT2D eigenvalue weighted by Crippen LogP contribution is 2.51. The third-order valence-electron chi connectivity index (χ3n) is 7.63. The van der Waals surface area contributed by atoms with E-state index in [-0.39, 0.29) is 12.1 Å². The highest BCUT2D eigenvalue weighted by molar-refractivity contribution is 7.73. The van der Waals surface area contributed by atoms with E-state index in [9.17, 15) is 5.11 Å². The molecular weight excluding hydrogens is 457 g/mol. The van der Waals surface area contributed by atoms with Gasteiger partial charge in [-0.2, -0.15) is 0 Å². The van der Waals surface area contributed by atoms with E-state index in [1.54, 1.807) is 0 Å². The van der Waals surface area contributed by atoms with Crippen LogP contribution in [0.5, 0.6) is 0 Å². The lowest BCUT2D eigenvalue weighted by molar-refractivity contribution is 0.117. The number of benzene rings is 4. The van der Waals surface area contributed by atoms with Gasteiger partial charge in [0, 0.05) is 6.04 Å². The molecule has 5 atom stereocenters. The largest absolute Gasteiger partial charge is 0.386 e. The molecule has 2 N–H and O–H groups in total. The summed E-state index contributed by atoms with van der Waals surface area (Å²) in [5, 5.41) is 18.3. The number of hydrogen-bond acceptors (Lipinski definition) is 2. The normalized spacial score (nSPS) is 20.2. The van der Waals surface area contributed by atoms with E-state index in [0.29, 0.717) is 11.6 Å². The summed E-state index contributed by atoms with van der Waals surface area (Å²) in [5.74, 6) is 0.547. The average molecular weight is 494 g/mol. The maximum Gasteiger partial charge on any atom is 0.0984 e. The van der Waals surface area contributed by atoms with Crippen LogP contribution in [0, 0.1) is 5.92 Å². The van der Waals surface area contributed by atoms with Crippen molar-refractivity contribution in [3.8, 4) is 0 Å². The summed E-state index contributed by atoms with van der Waals surface area (Å²) in [7, 11) is -0.465. The third kappa shape index (κ3) is 5.62. The van der Waals surface area contributed by atoms with Crippen molar-refractivity contribution < 1.29 is 5.11 Å². The standard InChI is InChI=1S/C33H36NOP/c1-25(34-32(26-15-6-2-7-16-26)33(35)27-17-8-3-9-18-27)30-23-14-24-31(30)36(28-19-10-4-11-20-28)29-21-12-5-13-22-29/h2-13,15-22,25,30-35H,14,23-24H2,1H3/t25-,30?,31?,32+,33+/m1/s1. The summed E-state index contributed by atoms with van der Waals surface area (Å²) in [6, 6.07) is 42.8. The molecule has 0 amide bonds. The highest BCUT2D eigenvalue weighted by Gasteiger charge is 2.39. The van der Waals surface area contributed by atoms with Crippen LogP contribution in [-0.2, 0) is 0 Å². The molecule has 0 spiro atoms. The van der Waals surface area contributed by atoms with Crippen molar-refractivity contribution in [1.82, 2.24) is 5.32 Å². The molecule has 5 rings (SSSR count). The summed E-state index contributed by atoms with van der Waals surface area (Å²) in [4.78, 5) is 0. The van der Waals surface area contributed by atoms with E-state index in [1.165, 1.54) is 29.9 Å². The van der Waals surface area contributed by atoms with Gasteiger partial charge in [0.2, 0.25) is 0 Å². The van der Waals surface area contributed by atoms with Gasteiger partial charge in [0.05, 0.1) is 12.1 Å². The molecule has 1 aliphatic rings. The Morgan fingerprint density at radius 1 is 0.667 bits per heavy atom. The number of nitrogens with one attached hydrogen (secondary N) is 1. The Kier molecular flexibility index (Phi) is 8.29. The van der Waals surface area contributed by atoms with Gasteiger partial charge in [0.1, 0.15) is 0 Å². The first-order valence-electron chi connectivity index (χ1n) is 13.2. The summed E-state index contributed by atoms with van der Waals surface area (Å²) in [6.07, 6.45) is 3.13. The average Bonchev–Trinajstić information content (AvgIpc) is 3.43. The molecule has 1 fully saturated rings. The SMILES string of the molecule is C[C@@H](N[C@@H](c1ccccc1)[C@@H](O)c1ccccc1)C1CCCC1P(c1ccccc1)c1ccccc1. The predicted octanol–water partition coefficient (Wildman–Crippen LogP) is 6.74. The van der Waals surface area contributed by atoms with E-state index < -0.39 is 14.0 Å². The van der Waals surface area contributed by atoms with E-state index in [2.05, 4.69) is 97.2 Å². The lowest BCUT2D eigenvalue weighted by Crippen LogP contribution is -2.42. The lowest BCUT2D eigenvalue weighted by Gasteiger charge is -2.36. The maximum atomic E-state index is 11.5. The minimum absolute atomic E-state index is 0.162. The Morgan fingerprint density at radius 2 is 1.14 bits per heavy atom. The lowest BCUT2D eigenvalue weighted by atomic mass is 9.92. The molecule has 0 saturated heterocycles. The van der Waals surface area contributed by atoms with E-state index in [0.717, 1.165) is 11.1 Å². The quantitative estimate of drug-likeness (QED) is 0.253. The first-order valence-corrected chi connectivity index (χ1v) is 14.6. The molecule has 0 aromatic heterocycles. The summed E-state index contributed by atoms with van der Waals surface area (Å²) >= 11 is 0. The van der Waals surface area contributed by atoms with Crippen molar-refractivity contribution in [2.24, 2.45) is 5.92 Å².